The molecule has 2 rings (SSSR count). The molecule has 0 spiro atoms. The average Bonchev–Trinajstić information content (AvgIpc) is 2.60. The van der Waals surface area contributed by atoms with Crippen molar-refractivity contribution in [3.63, 3.8) is 0 Å². The molecule has 2 aromatic heterocycles. The lowest BCUT2D eigenvalue weighted by atomic mass is 10.3. The standard InChI is InChI=1S/C11H12N2O2/c1-3-15-11(14)9-6-10-8(7-12-9)4-5-13(10)2/h4-7H,3H2,1-2H3. The van der Waals surface area contributed by atoms with E-state index in [2.05, 4.69) is 4.98 Å². The van der Waals surface area contributed by atoms with Gasteiger partial charge in [-0.15, -0.1) is 0 Å². The van der Waals surface area contributed by atoms with Crippen LogP contribution in [0, 0.1) is 0 Å². The molecule has 78 valence electrons. The fourth-order valence-electron chi connectivity index (χ4n) is 1.48. The fraction of sp³-hybridized carbons (Fsp3) is 0.273. The van der Waals surface area contributed by atoms with Crippen LogP contribution in [0.5, 0.6) is 0 Å². The molecule has 2 heterocycles. The summed E-state index contributed by atoms with van der Waals surface area (Å²) >= 11 is 0. The van der Waals surface area contributed by atoms with Gasteiger partial charge in [-0.2, -0.15) is 0 Å². The molecule has 0 aliphatic rings. The number of aromatic nitrogens is 2. The van der Waals surface area contributed by atoms with Gasteiger partial charge in [-0.1, -0.05) is 0 Å². The summed E-state index contributed by atoms with van der Waals surface area (Å²) in [6.07, 6.45) is 3.61. The summed E-state index contributed by atoms with van der Waals surface area (Å²) in [5.74, 6) is -0.374. The molecule has 0 aromatic carbocycles. The number of rotatable bonds is 2. The molecule has 0 amide bonds. The van der Waals surface area contributed by atoms with Crippen molar-refractivity contribution in [3.8, 4) is 0 Å². The van der Waals surface area contributed by atoms with Crippen LogP contribution in [0.1, 0.15) is 17.4 Å². The van der Waals surface area contributed by atoms with Crippen molar-refractivity contribution in [2.75, 3.05) is 6.61 Å². The molecule has 0 aliphatic carbocycles. The number of aryl methyl sites for hydroxylation is 1. The molecule has 15 heavy (non-hydrogen) atoms. The molecule has 2 aromatic rings. The smallest absolute Gasteiger partial charge is 0.356 e. The van der Waals surface area contributed by atoms with Crippen LogP contribution in [0.15, 0.2) is 24.5 Å². The molecule has 0 fully saturated rings. The molecule has 0 saturated heterocycles. The first-order chi connectivity index (χ1) is 7.22. The monoisotopic (exact) mass is 204 g/mol. The Labute approximate surface area is 87.5 Å². The van der Waals surface area contributed by atoms with Crippen molar-refractivity contribution in [3.05, 3.63) is 30.2 Å². The molecule has 0 bridgehead atoms. The van der Waals surface area contributed by atoms with Gasteiger partial charge in [0.1, 0.15) is 5.69 Å². The van der Waals surface area contributed by atoms with Gasteiger partial charge < -0.3 is 9.30 Å². The van der Waals surface area contributed by atoms with Gasteiger partial charge in [0, 0.05) is 24.8 Å². The van der Waals surface area contributed by atoms with E-state index in [1.54, 1.807) is 19.2 Å². The molecule has 0 unspecified atom stereocenters. The number of esters is 1. The summed E-state index contributed by atoms with van der Waals surface area (Å²) in [6, 6.07) is 3.70. The normalized spacial score (nSPS) is 10.5. The summed E-state index contributed by atoms with van der Waals surface area (Å²) in [6.45, 7) is 2.14. The number of pyridine rings is 1. The third kappa shape index (κ3) is 1.70. The highest BCUT2D eigenvalue weighted by Crippen LogP contribution is 2.14. The van der Waals surface area contributed by atoms with Gasteiger partial charge in [-0.25, -0.2) is 9.78 Å². The van der Waals surface area contributed by atoms with Crippen LogP contribution in [0.25, 0.3) is 10.9 Å². The highest BCUT2D eigenvalue weighted by Gasteiger charge is 2.09. The van der Waals surface area contributed by atoms with Crippen LogP contribution in [0.2, 0.25) is 0 Å². The third-order valence-corrected chi connectivity index (χ3v) is 2.25. The second kappa shape index (κ2) is 3.73. The lowest BCUT2D eigenvalue weighted by Crippen LogP contribution is -2.06. The quantitative estimate of drug-likeness (QED) is 0.700. The number of nitrogens with zero attached hydrogens (tertiary/aromatic N) is 2. The lowest BCUT2D eigenvalue weighted by molar-refractivity contribution is 0.0519. The largest absolute Gasteiger partial charge is 0.461 e. The van der Waals surface area contributed by atoms with Crippen molar-refractivity contribution in [1.82, 2.24) is 9.55 Å². The van der Waals surface area contributed by atoms with Gasteiger partial charge in [-0.05, 0) is 19.1 Å². The molecular formula is C11H12N2O2. The summed E-state index contributed by atoms with van der Waals surface area (Å²) in [7, 11) is 1.93. The highest BCUT2D eigenvalue weighted by atomic mass is 16.5. The molecule has 0 radical (unpaired) electrons. The Kier molecular flexibility index (Phi) is 2.41. The maximum Gasteiger partial charge on any atom is 0.356 e. The Balaban J connectivity index is 2.45. The first kappa shape index (κ1) is 9.71. The van der Waals surface area contributed by atoms with Crippen molar-refractivity contribution in [2.24, 2.45) is 7.05 Å². The van der Waals surface area contributed by atoms with E-state index in [0.29, 0.717) is 12.3 Å². The minimum atomic E-state index is -0.374. The Morgan fingerprint density at radius 3 is 3.13 bits per heavy atom. The van der Waals surface area contributed by atoms with Crippen molar-refractivity contribution in [1.29, 1.82) is 0 Å². The van der Waals surface area contributed by atoms with E-state index >= 15 is 0 Å². The van der Waals surface area contributed by atoms with E-state index in [1.807, 2.05) is 23.9 Å². The SMILES string of the molecule is CCOC(=O)c1cc2c(ccn2C)cn1. The maximum atomic E-state index is 11.4. The zero-order valence-electron chi connectivity index (χ0n) is 8.73. The maximum absolute atomic E-state index is 11.4. The lowest BCUT2D eigenvalue weighted by Gasteiger charge is -2.01. The third-order valence-electron chi connectivity index (χ3n) is 2.25. The number of hydrogen-bond acceptors (Lipinski definition) is 3. The number of fused-ring (bicyclic) bond motifs is 1. The predicted octanol–water partition coefficient (Wildman–Crippen LogP) is 1.75. The molecule has 0 N–H and O–H groups in total. The first-order valence-corrected chi connectivity index (χ1v) is 4.80. The number of ether oxygens (including phenoxy) is 1. The number of carbonyl (C=O) groups excluding carboxylic acids is 1. The second-order valence-corrected chi connectivity index (χ2v) is 3.28. The number of hydrogen-bond donors (Lipinski definition) is 0. The zero-order chi connectivity index (χ0) is 10.8. The van der Waals surface area contributed by atoms with Gasteiger partial charge >= 0.3 is 5.97 Å². The van der Waals surface area contributed by atoms with Crippen molar-refractivity contribution >= 4 is 16.9 Å². The molecule has 0 atom stereocenters. The summed E-state index contributed by atoms with van der Waals surface area (Å²) in [5.41, 5.74) is 1.33. The minimum absolute atomic E-state index is 0.353. The molecular weight excluding hydrogens is 192 g/mol. The van der Waals surface area contributed by atoms with Crippen LogP contribution in [-0.4, -0.2) is 22.1 Å². The molecule has 0 saturated carbocycles. The average molecular weight is 204 g/mol. The van der Waals surface area contributed by atoms with Crippen molar-refractivity contribution in [2.45, 2.75) is 6.92 Å². The van der Waals surface area contributed by atoms with Crippen LogP contribution in [0.3, 0.4) is 0 Å². The summed E-state index contributed by atoms with van der Waals surface area (Å²) in [5, 5.41) is 1.02. The van der Waals surface area contributed by atoms with E-state index < -0.39 is 0 Å². The van der Waals surface area contributed by atoms with Crippen LogP contribution in [-0.2, 0) is 11.8 Å². The van der Waals surface area contributed by atoms with Crippen LogP contribution in [0.4, 0.5) is 0 Å². The van der Waals surface area contributed by atoms with E-state index in [4.69, 9.17) is 4.74 Å². The second-order valence-electron chi connectivity index (χ2n) is 3.28. The zero-order valence-corrected chi connectivity index (χ0v) is 8.73. The first-order valence-electron chi connectivity index (χ1n) is 4.80. The Hall–Kier alpha value is -1.84. The van der Waals surface area contributed by atoms with Gasteiger partial charge in [0.25, 0.3) is 0 Å². The molecule has 0 aliphatic heterocycles. The Bertz CT molecular complexity index is 502. The Morgan fingerprint density at radius 1 is 1.60 bits per heavy atom. The molecule has 4 nitrogen and oxygen atoms in total. The summed E-state index contributed by atoms with van der Waals surface area (Å²) < 4.78 is 6.83. The van der Waals surface area contributed by atoms with Gasteiger partial charge in [0.15, 0.2) is 0 Å². The van der Waals surface area contributed by atoms with Crippen molar-refractivity contribution < 1.29 is 9.53 Å². The van der Waals surface area contributed by atoms with Gasteiger partial charge in [0.05, 0.1) is 12.1 Å². The van der Waals surface area contributed by atoms with E-state index in [0.717, 1.165) is 10.9 Å². The fourth-order valence-corrected chi connectivity index (χ4v) is 1.48. The van der Waals surface area contributed by atoms with Gasteiger partial charge in [-0.3, -0.25) is 0 Å². The van der Waals surface area contributed by atoms with E-state index in [-0.39, 0.29) is 5.97 Å². The predicted molar refractivity (Wildman–Crippen MR) is 56.7 cm³/mol. The van der Waals surface area contributed by atoms with Gasteiger partial charge in [0.2, 0.25) is 0 Å². The Morgan fingerprint density at radius 2 is 2.40 bits per heavy atom. The highest BCUT2D eigenvalue weighted by molar-refractivity contribution is 5.92. The molecule has 4 heteroatoms. The summed E-state index contributed by atoms with van der Waals surface area (Å²) in [4.78, 5) is 15.5. The van der Waals surface area contributed by atoms with E-state index in [9.17, 15) is 4.79 Å². The van der Waals surface area contributed by atoms with E-state index in [1.165, 1.54) is 0 Å². The van der Waals surface area contributed by atoms with Crippen LogP contribution >= 0.6 is 0 Å². The minimum Gasteiger partial charge on any atom is -0.461 e. The number of carbonyl (C=O) groups is 1. The topological polar surface area (TPSA) is 44.1 Å². The van der Waals surface area contributed by atoms with Crippen LogP contribution < -0.4 is 0 Å².